The number of fused-ring (bicyclic) bond motifs is 1. The largest absolute Gasteiger partial charge is 0.315 e. The minimum atomic E-state index is 0.171. The number of likely N-dealkylation sites (N-methyl/N-ethyl adjacent to an activating group) is 1. The monoisotopic (exact) mass is 222 g/mol. The maximum atomic E-state index is 11.5. The molecule has 1 N–H and O–H groups in total. The molecule has 1 aliphatic rings. The lowest BCUT2D eigenvalue weighted by atomic mass is 10.1. The molecule has 3 nitrogen and oxygen atoms in total. The summed E-state index contributed by atoms with van der Waals surface area (Å²) in [4.78, 5) is 13.2. The number of anilines is 1. The van der Waals surface area contributed by atoms with E-state index in [-0.39, 0.29) is 5.91 Å². The van der Waals surface area contributed by atoms with E-state index in [4.69, 9.17) is 0 Å². The van der Waals surface area contributed by atoms with Gasteiger partial charge in [-0.1, -0.05) is 12.1 Å². The predicted molar refractivity (Wildman–Crippen MR) is 64.2 cm³/mol. The summed E-state index contributed by atoms with van der Waals surface area (Å²) in [7, 11) is 1.82. The van der Waals surface area contributed by atoms with Crippen molar-refractivity contribution in [2.75, 3.05) is 17.8 Å². The number of nitrogens with zero attached hydrogens (tertiary/aromatic N) is 1. The van der Waals surface area contributed by atoms with Crippen LogP contribution >= 0.6 is 12.6 Å². The summed E-state index contributed by atoms with van der Waals surface area (Å²) in [5.41, 5.74) is 3.36. The SMILES string of the molecule is CN1C(=O)Cc2cc(CNCS)ccc21. The van der Waals surface area contributed by atoms with Crippen molar-refractivity contribution in [1.29, 1.82) is 0 Å². The highest BCUT2D eigenvalue weighted by atomic mass is 32.1. The summed E-state index contributed by atoms with van der Waals surface area (Å²) in [6.07, 6.45) is 0.528. The van der Waals surface area contributed by atoms with Crippen molar-refractivity contribution in [3.8, 4) is 0 Å². The molecular formula is C11H14N2OS. The van der Waals surface area contributed by atoms with Gasteiger partial charge >= 0.3 is 0 Å². The lowest BCUT2D eigenvalue weighted by molar-refractivity contribution is -0.117. The maximum Gasteiger partial charge on any atom is 0.231 e. The second-order valence-corrected chi connectivity index (χ2v) is 3.99. The molecule has 1 aromatic rings. The molecule has 2 rings (SSSR count). The first kappa shape index (κ1) is 10.5. The summed E-state index contributed by atoms with van der Waals surface area (Å²) < 4.78 is 0. The van der Waals surface area contributed by atoms with Gasteiger partial charge in [0.05, 0.1) is 6.42 Å². The van der Waals surface area contributed by atoms with Crippen LogP contribution in [0.5, 0.6) is 0 Å². The van der Waals surface area contributed by atoms with E-state index >= 15 is 0 Å². The first-order valence-corrected chi connectivity index (χ1v) is 5.55. The Labute approximate surface area is 94.9 Å². The Balaban J connectivity index is 2.22. The van der Waals surface area contributed by atoms with E-state index in [9.17, 15) is 4.79 Å². The van der Waals surface area contributed by atoms with E-state index in [0.29, 0.717) is 12.3 Å². The molecule has 0 spiro atoms. The second kappa shape index (κ2) is 4.24. The molecule has 4 heteroatoms. The molecule has 0 unspecified atom stereocenters. The van der Waals surface area contributed by atoms with Crippen LogP contribution in [0.15, 0.2) is 18.2 Å². The average molecular weight is 222 g/mol. The van der Waals surface area contributed by atoms with E-state index in [2.05, 4.69) is 24.0 Å². The molecule has 15 heavy (non-hydrogen) atoms. The minimum absolute atomic E-state index is 0.171. The number of hydrogen-bond donors (Lipinski definition) is 2. The van der Waals surface area contributed by atoms with Crippen LogP contribution in [0.3, 0.4) is 0 Å². The van der Waals surface area contributed by atoms with Gasteiger partial charge in [-0.05, 0) is 17.2 Å². The summed E-state index contributed by atoms with van der Waals surface area (Å²) in [6.45, 7) is 0.800. The van der Waals surface area contributed by atoms with Gasteiger partial charge in [-0.15, -0.1) is 0 Å². The third-order valence-corrected chi connectivity index (χ3v) is 2.89. The lowest BCUT2D eigenvalue weighted by Gasteiger charge is -2.10. The summed E-state index contributed by atoms with van der Waals surface area (Å²) in [5, 5.41) is 3.14. The van der Waals surface area contributed by atoms with Gasteiger partial charge in [-0.3, -0.25) is 4.79 Å². The zero-order valence-corrected chi connectivity index (χ0v) is 9.55. The van der Waals surface area contributed by atoms with Gasteiger partial charge in [0.1, 0.15) is 0 Å². The Morgan fingerprint density at radius 3 is 3.07 bits per heavy atom. The molecule has 0 radical (unpaired) electrons. The van der Waals surface area contributed by atoms with Crippen LogP contribution < -0.4 is 10.2 Å². The predicted octanol–water partition coefficient (Wildman–Crippen LogP) is 1.18. The highest BCUT2D eigenvalue weighted by Crippen LogP contribution is 2.28. The van der Waals surface area contributed by atoms with Crippen molar-refractivity contribution in [2.45, 2.75) is 13.0 Å². The number of rotatable bonds is 3. The molecule has 1 amide bonds. The van der Waals surface area contributed by atoms with E-state index < -0.39 is 0 Å². The second-order valence-electron chi connectivity index (χ2n) is 3.68. The van der Waals surface area contributed by atoms with Crippen molar-refractivity contribution < 1.29 is 4.79 Å². The molecule has 1 aromatic carbocycles. The first-order valence-electron chi connectivity index (χ1n) is 4.92. The van der Waals surface area contributed by atoms with Crippen LogP contribution in [0.25, 0.3) is 0 Å². The number of amides is 1. The number of hydrogen-bond acceptors (Lipinski definition) is 3. The zero-order chi connectivity index (χ0) is 10.8. The molecule has 1 heterocycles. The summed E-state index contributed by atoms with van der Waals surface area (Å²) in [6, 6.07) is 6.15. The molecule has 80 valence electrons. The highest BCUT2D eigenvalue weighted by molar-refractivity contribution is 7.80. The quantitative estimate of drug-likeness (QED) is 0.594. The lowest BCUT2D eigenvalue weighted by Crippen LogP contribution is -2.20. The van der Waals surface area contributed by atoms with Gasteiger partial charge in [-0.2, -0.15) is 12.6 Å². The van der Waals surface area contributed by atoms with Crippen LogP contribution in [0.4, 0.5) is 5.69 Å². The van der Waals surface area contributed by atoms with Crippen LogP contribution in [-0.4, -0.2) is 18.8 Å². The molecular weight excluding hydrogens is 208 g/mol. The molecule has 0 saturated heterocycles. The van der Waals surface area contributed by atoms with Gasteiger partial charge in [0, 0.05) is 25.2 Å². The number of carbonyl (C=O) groups is 1. The molecule has 0 aliphatic carbocycles. The molecule has 0 atom stereocenters. The van der Waals surface area contributed by atoms with Crippen molar-refractivity contribution in [1.82, 2.24) is 5.32 Å². The fourth-order valence-electron chi connectivity index (χ4n) is 1.83. The Morgan fingerprint density at radius 1 is 1.53 bits per heavy atom. The van der Waals surface area contributed by atoms with Gasteiger partial charge < -0.3 is 10.2 Å². The summed E-state index contributed by atoms with van der Waals surface area (Å²) in [5.74, 6) is 0.833. The van der Waals surface area contributed by atoms with E-state index in [1.807, 2.05) is 19.2 Å². The molecule has 0 fully saturated rings. The molecule has 0 saturated carbocycles. The van der Waals surface area contributed by atoms with Crippen LogP contribution in [0.1, 0.15) is 11.1 Å². The topological polar surface area (TPSA) is 32.3 Å². The Hall–Kier alpha value is -1.00. The zero-order valence-electron chi connectivity index (χ0n) is 8.66. The van der Waals surface area contributed by atoms with Gasteiger partial charge in [0.25, 0.3) is 0 Å². The van der Waals surface area contributed by atoms with Crippen molar-refractivity contribution in [2.24, 2.45) is 0 Å². The fourth-order valence-corrected chi connectivity index (χ4v) is 1.95. The van der Waals surface area contributed by atoms with Gasteiger partial charge in [0.2, 0.25) is 5.91 Å². The molecule has 0 bridgehead atoms. The number of carbonyl (C=O) groups excluding carboxylic acids is 1. The van der Waals surface area contributed by atoms with E-state index in [0.717, 1.165) is 17.8 Å². The molecule has 0 aromatic heterocycles. The average Bonchev–Trinajstić information content (AvgIpc) is 2.52. The van der Waals surface area contributed by atoms with E-state index in [1.165, 1.54) is 5.56 Å². The number of thiol groups is 1. The Kier molecular flexibility index (Phi) is 2.98. The third kappa shape index (κ3) is 2.01. The van der Waals surface area contributed by atoms with Crippen LogP contribution in [0.2, 0.25) is 0 Å². The van der Waals surface area contributed by atoms with E-state index in [1.54, 1.807) is 4.90 Å². The van der Waals surface area contributed by atoms with Crippen molar-refractivity contribution in [3.05, 3.63) is 29.3 Å². The fraction of sp³-hybridized carbons (Fsp3) is 0.364. The maximum absolute atomic E-state index is 11.5. The van der Waals surface area contributed by atoms with Gasteiger partial charge in [0.15, 0.2) is 0 Å². The highest BCUT2D eigenvalue weighted by Gasteiger charge is 2.23. The minimum Gasteiger partial charge on any atom is -0.315 e. The van der Waals surface area contributed by atoms with Crippen molar-refractivity contribution in [3.63, 3.8) is 0 Å². The van der Waals surface area contributed by atoms with Gasteiger partial charge in [-0.25, -0.2) is 0 Å². The van der Waals surface area contributed by atoms with Crippen LogP contribution in [0, 0.1) is 0 Å². The van der Waals surface area contributed by atoms with Crippen molar-refractivity contribution >= 4 is 24.2 Å². The number of benzene rings is 1. The Morgan fingerprint density at radius 2 is 2.33 bits per heavy atom. The first-order chi connectivity index (χ1) is 7.22. The standard InChI is InChI=1S/C11H14N2OS/c1-13-10-3-2-8(6-12-7-15)4-9(10)5-11(13)14/h2-4,12,15H,5-7H2,1H3. The Bertz CT molecular complexity index is 392. The molecule has 1 aliphatic heterocycles. The normalized spacial score (nSPS) is 14.5. The third-order valence-electron chi connectivity index (χ3n) is 2.66. The number of nitrogens with one attached hydrogen (secondary N) is 1. The summed E-state index contributed by atoms with van der Waals surface area (Å²) >= 11 is 4.09. The van der Waals surface area contributed by atoms with Crippen LogP contribution in [-0.2, 0) is 17.8 Å². The smallest absolute Gasteiger partial charge is 0.231 e.